The van der Waals surface area contributed by atoms with E-state index in [0.29, 0.717) is 30.6 Å². The average Bonchev–Trinajstić information content (AvgIpc) is 2.81. The molecular formula is C15H19NO3. The maximum Gasteiger partial charge on any atom is 0.251 e. The lowest BCUT2D eigenvalue weighted by atomic mass is 10.1. The van der Waals surface area contributed by atoms with Crippen LogP contribution in [0.2, 0.25) is 0 Å². The molecule has 4 heteroatoms. The fourth-order valence-corrected chi connectivity index (χ4v) is 2.64. The van der Waals surface area contributed by atoms with E-state index in [9.17, 15) is 4.79 Å². The third kappa shape index (κ3) is 2.83. The molecule has 0 bridgehead atoms. The van der Waals surface area contributed by atoms with Crippen LogP contribution in [0.25, 0.3) is 0 Å². The summed E-state index contributed by atoms with van der Waals surface area (Å²) in [4.78, 5) is 12.2. The topological polar surface area (TPSA) is 47.6 Å². The van der Waals surface area contributed by atoms with Gasteiger partial charge in [-0.05, 0) is 31.0 Å². The van der Waals surface area contributed by atoms with Crippen LogP contribution in [0.3, 0.4) is 0 Å². The van der Waals surface area contributed by atoms with E-state index in [2.05, 4.69) is 5.32 Å². The summed E-state index contributed by atoms with van der Waals surface area (Å²) in [6, 6.07) is 5.75. The molecule has 1 aliphatic heterocycles. The summed E-state index contributed by atoms with van der Waals surface area (Å²) in [6.07, 6.45) is 5.49. The second-order valence-electron chi connectivity index (χ2n) is 5.17. The van der Waals surface area contributed by atoms with Gasteiger partial charge in [0, 0.05) is 18.0 Å². The third-order valence-corrected chi connectivity index (χ3v) is 3.70. The van der Waals surface area contributed by atoms with Gasteiger partial charge < -0.3 is 14.8 Å². The molecule has 0 saturated heterocycles. The summed E-state index contributed by atoms with van der Waals surface area (Å²) in [6.45, 7) is 1.31. The summed E-state index contributed by atoms with van der Waals surface area (Å²) >= 11 is 0. The second kappa shape index (κ2) is 5.51. The number of carbonyl (C=O) groups excluding carboxylic acids is 1. The minimum atomic E-state index is -0.0115. The fourth-order valence-electron chi connectivity index (χ4n) is 2.64. The highest BCUT2D eigenvalue weighted by Crippen LogP contribution is 2.30. The Kier molecular flexibility index (Phi) is 3.58. The van der Waals surface area contributed by atoms with Crippen molar-refractivity contribution in [2.75, 3.05) is 13.2 Å². The van der Waals surface area contributed by atoms with E-state index < -0.39 is 0 Å². The predicted octanol–water partition coefficient (Wildman–Crippen LogP) is 2.52. The molecule has 1 N–H and O–H groups in total. The van der Waals surface area contributed by atoms with Gasteiger partial charge in [-0.25, -0.2) is 0 Å². The quantitative estimate of drug-likeness (QED) is 0.890. The molecule has 1 aromatic rings. The number of carbonyl (C=O) groups is 1. The zero-order valence-corrected chi connectivity index (χ0v) is 11.0. The van der Waals surface area contributed by atoms with Gasteiger partial charge in [-0.3, -0.25) is 4.79 Å². The summed E-state index contributed by atoms with van der Waals surface area (Å²) in [5.74, 6) is 1.40. The van der Waals surface area contributed by atoms with Crippen molar-refractivity contribution in [3.05, 3.63) is 23.8 Å². The molecule has 2 aliphatic rings. The van der Waals surface area contributed by atoms with Crippen molar-refractivity contribution < 1.29 is 14.3 Å². The van der Waals surface area contributed by atoms with Crippen molar-refractivity contribution in [1.29, 1.82) is 0 Å². The highest BCUT2D eigenvalue weighted by atomic mass is 16.5. The normalized spacial score (nSPS) is 18.9. The zero-order chi connectivity index (χ0) is 13.1. The number of ether oxygens (including phenoxy) is 2. The van der Waals surface area contributed by atoms with Crippen LogP contribution in [0.4, 0.5) is 0 Å². The molecule has 0 unspecified atom stereocenters. The molecule has 0 radical (unpaired) electrons. The van der Waals surface area contributed by atoms with E-state index in [1.807, 2.05) is 6.07 Å². The summed E-state index contributed by atoms with van der Waals surface area (Å²) in [5, 5.41) is 3.08. The zero-order valence-electron chi connectivity index (χ0n) is 11.0. The van der Waals surface area contributed by atoms with Crippen molar-refractivity contribution in [3.8, 4) is 11.5 Å². The van der Waals surface area contributed by atoms with Crippen LogP contribution < -0.4 is 14.8 Å². The Labute approximate surface area is 113 Å². The molecule has 0 atom stereocenters. The van der Waals surface area contributed by atoms with E-state index in [0.717, 1.165) is 25.0 Å². The van der Waals surface area contributed by atoms with E-state index in [1.165, 1.54) is 12.8 Å². The van der Waals surface area contributed by atoms with Gasteiger partial charge in [-0.15, -0.1) is 0 Å². The molecule has 19 heavy (non-hydrogen) atoms. The first-order valence-electron chi connectivity index (χ1n) is 7.03. The predicted molar refractivity (Wildman–Crippen MR) is 71.8 cm³/mol. The average molecular weight is 261 g/mol. The van der Waals surface area contributed by atoms with E-state index in [4.69, 9.17) is 9.47 Å². The molecule has 1 saturated carbocycles. The Balaban J connectivity index is 1.73. The summed E-state index contributed by atoms with van der Waals surface area (Å²) in [5.41, 5.74) is 0.649. The Morgan fingerprint density at radius 3 is 2.58 bits per heavy atom. The first kappa shape index (κ1) is 12.3. The van der Waals surface area contributed by atoms with Crippen LogP contribution in [-0.2, 0) is 0 Å². The van der Waals surface area contributed by atoms with Crippen molar-refractivity contribution in [2.45, 2.75) is 38.1 Å². The number of hydrogen-bond acceptors (Lipinski definition) is 3. The molecule has 1 amide bonds. The minimum absolute atomic E-state index is 0.0115. The number of hydrogen-bond donors (Lipinski definition) is 1. The molecule has 102 valence electrons. The lowest BCUT2D eigenvalue weighted by Gasteiger charge is -2.13. The Morgan fingerprint density at radius 1 is 1.05 bits per heavy atom. The molecule has 1 aliphatic carbocycles. The largest absolute Gasteiger partial charge is 0.490 e. The van der Waals surface area contributed by atoms with Gasteiger partial charge in [0.2, 0.25) is 0 Å². The van der Waals surface area contributed by atoms with Crippen LogP contribution in [0.5, 0.6) is 11.5 Å². The highest BCUT2D eigenvalue weighted by molar-refractivity contribution is 5.95. The smallest absolute Gasteiger partial charge is 0.251 e. The van der Waals surface area contributed by atoms with Gasteiger partial charge in [-0.1, -0.05) is 12.8 Å². The highest BCUT2D eigenvalue weighted by Gasteiger charge is 2.19. The van der Waals surface area contributed by atoms with Crippen LogP contribution >= 0.6 is 0 Å². The van der Waals surface area contributed by atoms with Gasteiger partial charge >= 0.3 is 0 Å². The fraction of sp³-hybridized carbons (Fsp3) is 0.533. The molecule has 1 aromatic carbocycles. The number of benzene rings is 1. The summed E-state index contributed by atoms with van der Waals surface area (Å²) < 4.78 is 11.2. The van der Waals surface area contributed by atoms with Gasteiger partial charge in [0.1, 0.15) is 0 Å². The Hall–Kier alpha value is -1.71. The maximum atomic E-state index is 12.2. The first-order valence-corrected chi connectivity index (χ1v) is 7.03. The van der Waals surface area contributed by atoms with Crippen molar-refractivity contribution >= 4 is 5.91 Å². The number of rotatable bonds is 2. The van der Waals surface area contributed by atoms with E-state index in [-0.39, 0.29) is 5.91 Å². The molecule has 1 fully saturated rings. The number of amides is 1. The van der Waals surface area contributed by atoms with Gasteiger partial charge in [0.25, 0.3) is 5.91 Å². The molecule has 4 nitrogen and oxygen atoms in total. The molecule has 1 heterocycles. The number of nitrogens with one attached hydrogen (secondary N) is 1. The SMILES string of the molecule is O=C(NC1CCCC1)c1ccc2c(c1)OCCCO2. The van der Waals surface area contributed by atoms with Crippen molar-refractivity contribution in [2.24, 2.45) is 0 Å². The minimum Gasteiger partial charge on any atom is -0.490 e. The van der Waals surface area contributed by atoms with Gasteiger partial charge in [0.15, 0.2) is 11.5 Å². The van der Waals surface area contributed by atoms with Crippen LogP contribution in [0.1, 0.15) is 42.5 Å². The van der Waals surface area contributed by atoms with E-state index >= 15 is 0 Å². The molecule has 0 aromatic heterocycles. The van der Waals surface area contributed by atoms with Crippen LogP contribution in [-0.4, -0.2) is 25.2 Å². The molecule has 0 spiro atoms. The van der Waals surface area contributed by atoms with Gasteiger partial charge in [0.05, 0.1) is 13.2 Å². The standard InChI is InChI=1S/C15H19NO3/c17-15(16-12-4-1-2-5-12)11-6-7-13-14(10-11)19-9-3-8-18-13/h6-7,10,12H,1-5,8-9H2,(H,16,17). The third-order valence-electron chi connectivity index (χ3n) is 3.70. The maximum absolute atomic E-state index is 12.2. The first-order chi connectivity index (χ1) is 9.33. The monoisotopic (exact) mass is 261 g/mol. The van der Waals surface area contributed by atoms with Crippen LogP contribution in [0, 0.1) is 0 Å². The van der Waals surface area contributed by atoms with Crippen LogP contribution in [0.15, 0.2) is 18.2 Å². The van der Waals surface area contributed by atoms with Gasteiger partial charge in [-0.2, -0.15) is 0 Å². The van der Waals surface area contributed by atoms with Crippen molar-refractivity contribution in [3.63, 3.8) is 0 Å². The molecule has 3 rings (SSSR count). The Morgan fingerprint density at radius 2 is 1.79 bits per heavy atom. The summed E-state index contributed by atoms with van der Waals surface area (Å²) in [7, 11) is 0. The lowest BCUT2D eigenvalue weighted by Crippen LogP contribution is -2.32. The molecular weight excluding hydrogens is 242 g/mol. The van der Waals surface area contributed by atoms with Crippen molar-refractivity contribution in [1.82, 2.24) is 5.32 Å². The second-order valence-corrected chi connectivity index (χ2v) is 5.17. The van der Waals surface area contributed by atoms with E-state index in [1.54, 1.807) is 12.1 Å². The lowest BCUT2D eigenvalue weighted by molar-refractivity contribution is 0.0937. The Bertz CT molecular complexity index is 466. The number of fused-ring (bicyclic) bond motifs is 1.